The monoisotopic (exact) mass is 201 g/mol. The molecule has 0 unspecified atom stereocenters. The summed E-state index contributed by atoms with van der Waals surface area (Å²) in [5.41, 5.74) is -1.55. The zero-order valence-corrected chi connectivity index (χ0v) is 8.19. The van der Waals surface area contributed by atoms with E-state index in [9.17, 15) is 9.59 Å². The van der Waals surface area contributed by atoms with E-state index in [1.165, 1.54) is 0 Å². The van der Waals surface area contributed by atoms with Crippen molar-refractivity contribution < 1.29 is 19.8 Å². The van der Waals surface area contributed by atoms with E-state index in [-0.39, 0.29) is 13.1 Å². The van der Waals surface area contributed by atoms with E-state index in [1.807, 2.05) is 11.8 Å². The van der Waals surface area contributed by atoms with Crippen molar-refractivity contribution in [2.75, 3.05) is 19.6 Å². The first-order chi connectivity index (χ1) is 6.53. The molecule has 0 amide bonds. The molecule has 0 aromatic rings. The second-order valence-corrected chi connectivity index (χ2v) is 3.76. The van der Waals surface area contributed by atoms with E-state index in [0.29, 0.717) is 0 Å². The van der Waals surface area contributed by atoms with Crippen molar-refractivity contribution in [3.63, 3.8) is 0 Å². The van der Waals surface area contributed by atoms with Gasteiger partial charge in [-0.3, -0.25) is 14.5 Å². The van der Waals surface area contributed by atoms with E-state index >= 15 is 0 Å². The lowest BCUT2D eigenvalue weighted by molar-refractivity contribution is -0.177. The van der Waals surface area contributed by atoms with Crippen molar-refractivity contribution in [1.29, 1.82) is 0 Å². The Morgan fingerprint density at radius 1 is 1.29 bits per heavy atom. The zero-order valence-electron chi connectivity index (χ0n) is 8.19. The summed E-state index contributed by atoms with van der Waals surface area (Å²) in [5.74, 6) is -2.45. The minimum Gasteiger partial charge on any atom is -0.480 e. The van der Waals surface area contributed by atoms with E-state index in [4.69, 9.17) is 10.2 Å². The highest BCUT2D eigenvalue weighted by molar-refractivity contribution is 6.00. The Morgan fingerprint density at radius 3 is 2.14 bits per heavy atom. The molecular weight excluding hydrogens is 186 g/mol. The van der Waals surface area contributed by atoms with Crippen LogP contribution in [0.4, 0.5) is 0 Å². The van der Waals surface area contributed by atoms with Crippen molar-refractivity contribution in [2.45, 2.75) is 19.8 Å². The molecule has 0 aromatic carbocycles. The first-order valence-electron chi connectivity index (χ1n) is 4.72. The van der Waals surface area contributed by atoms with Crippen molar-refractivity contribution in [3.05, 3.63) is 0 Å². The van der Waals surface area contributed by atoms with Crippen molar-refractivity contribution in [3.8, 4) is 0 Å². The van der Waals surface area contributed by atoms with Crippen molar-refractivity contribution in [1.82, 2.24) is 4.90 Å². The number of carboxylic acids is 2. The largest absolute Gasteiger partial charge is 0.480 e. The maximum Gasteiger partial charge on any atom is 0.323 e. The highest BCUT2D eigenvalue weighted by Crippen LogP contribution is 2.31. The molecule has 0 aliphatic carbocycles. The number of hydrogen-bond donors (Lipinski definition) is 2. The minimum absolute atomic E-state index is 0.137. The number of likely N-dealkylation sites (tertiary alicyclic amines) is 1. The van der Waals surface area contributed by atoms with Gasteiger partial charge in [0.2, 0.25) is 0 Å². The quantitative estimate of drug-likeness (QED) is 0.624. The molecule has 0 saturated carbocycles. The van der Waals surface area contributed by atoms with Crippen molar-refractivity contribution in [2.24, 2.45) is 5.41 Å². The fourth-order valence-corrected chi connectivity index (χ4v) is 1.62. The van der Waals surface area contributed by atoms with Crippen molar-refractivity contribution >= 4 is 11.9 Å². The average molecular weight is 201 g/mol. The molecule has 0 bridgehead atoms. The first-order valence-corrected chi connectivity index (χ1v) is 4.72. The van der Waals surface area contributed by atoms with Crippen LogP contribution in [0.25, 0.3) is 0 Å². The highest BCUT2D eigenvalue weighted by atomic mass is 16.4. The predicted octanol–water partition coefficient (Wildman–Crippen LogP) is 0.258. The van der Waals surface area contributed by atoms with Crippen LogP contribution in [0.1, 0.15) is 19.8 Å². The third-order valence-corrected chi connectivity index (χ3v) is 2.63. The lowest BCUT2D eigenvalue weighted by atomic mass is 9.80. The Balaban J connectivity index is 2.48. The number of aliphatic carboxylic acids is 2. The van der Waals surface area contributed by atoms with Crippen LogP contribution in [-0.2, 0) is 9.59 Å². The molecule has 1 rings (SSSR count). The molecule has 5 heteroatoms. The Bertz CT molecular complexity index is 229. The van der Waals surface area contributed by atoms with Gasteiger partial charge in [-0.25, -0.2) is 0 Å². The van der Waals surface area contributed by atoms with Crippen LogP contribution in [-0.4, -0.2) is 46.7 Å². The lowest BCUT2D eigenvalue weighted by Crippen LogP contribution is -2.64. The van der Waals surface area contributed by atoms with Gasteiger partial charge in [-0.15, -0.1) is 0 Å². The molecule has 0 spiro atoms. The molecule has 5 nitrogen and oxygen atoms in total. The van der Waals surface area contributed by atoms with Gasteiger partial charge < -0.3 is 10.2 Å². The van der Waals surface area contributed by atoms with Crippen LogP contribution in [0.3, 0.4) is 0 Å². The smallest absolute Gasteiger partial charge is 0.323 e. The summed E-state index contributed by atoms with van der Waals surface area (Å²) in [6.45, 7) is 3.11. The van der Waals surface area contributed by atoms with Crippen LogP contribution >= 0.6 is 0 Å². The normalized spacial score (nSPS) is 20.1. The molecule has 1 saturated heterocycles. The van der Waals surface area contributed by atoms with Crippen LogP contribution in [0.15, 0.2) is 0 Å². The van der Waals surface area contributed by atoms with Gasteiger partial charge in [-0.1, -0.05) is 13.3 Å². The molecular formula is C9H15NO4. The van der Waals surface area contributed by atoms with Crippen LogP contribution < -0.4 is 0 Å². The summed E-state index contributed by atoms with van der Waals surface area (Å²) in [5, 5.41) is 17.6. The fraction of sp³-hybridized carbons (Fsp3) is 0.778. The maximum absolute atomic E-state index is 10.8. The molecule has 0 atom stereocenters. The summed E-state index contributed by atoms with van der Waals surface area (Å²) in [6.07, 6.45) is 2.01. The minimum atomic E-state index is -1.55. The van der Waals surface area contributed by atoms with E-state index in [0.717, 1.165) is 19.4 Å². The highest BCUT2D eigenvalue weighted by Gasteiger charge is 2.55. The summed E-state index contributed by atoms with van der Waals surface area (Å²) in [4.78, 5) is 23.4. The summed E-state index contributed by atoms with van der Waals surface area (Å²) in [6, 6.07) is 0. The van der Waals surface area contributed by atoms with Gasteiger partial charge in [0.25, 0.3) is 0 Å². The van der Waals surface area contributed by atoms with Crippen LogP contribution in [0.2, 0.25) is 0 Å². The van der Waals surface area contributed by atoms with Gasteiger partial charge in [0, 0.05) is 13.1 Å². The third-order valence-electron chi connectivity index (χ3n) is 2.63. The van der Waals surface area contributed by atoms with E-state index in [2.05, 4.69) is 0 Å². The molecule has 1 aliphatic rings. The molecule has 80 valence electrons. The number of nitrogens with zero attached hydrogens (tertiary/aromatic N) is 1. The maximum atomic E-state index is 10.8. The summed E-state index contributed by atoms with van der Waals surface area (Å²) < 4.78 is 0. The number of carboxylic acid groups (broad SMARTS) is 2. The fourth-order valence-electron chi connectivity index (χ4n) is 1.62. The molecule has 1 heterocycles. The van der Waals surface area contributed by atoms with Crippen LogP contribution in [0.5, 0.6) is 0 Å². The summed E-state index contributed by atoms with van der Waals surface area (Å²) in [7, 11) is 0. The molecule has 0 aromatic heterocycles. The SMILES string of the molecule is CCCCN1CC(C(=O)O)(C(=O)O)C1. The second kappa shape index (κ2) is 3.96. The number of hydrogen-bond acceptors (Lipinski definition) is 3. The van der Waals surface area contributed by atoms with Gasteiger partial charge in [-0.2, -0.15) is 0 Å². The summed E-state index contributed by atoms with van der Waals surface area (Å²) >= 11 is 0. The molecule has 14 heavy (non-hydrogen) atoms. The lowest BCUT2D eigenvalue weighted by Gasteiger charge is -2.44. The molecule has 1 aliphatic heterocycles. The molecule has 0 radical (unpaired) electrons. The Morgan fingerprint density at radius 2 is 1.79 bits per heavy atom. The van der Waals surface area contributed by atoms with Gasteiger partial charge in [0.05, 0.1) is 0 Å². The molecule has 2 N–H and O–H groups in total. The Labute approximate surface area is 82.3 Å². The Hall–Kier alpha value is -1.10. The van der Waals surface area contributed by atoms with Crippen LogP contribution in [0, 0.1) is 5.41 Å². The zero-order chi connectivity index (χ0) is 10.8. The molecule has 1 fully saturated rings. The average Bonchev–Trinajstić information content (AvgIpc) is 2.00. The number of rotatable bonds is 5. The third kappa shape index (κ3) is 1.72. The van der Waals surface area contributed by atoms with E-state index in [1.54, 1.807) is 0 Å². The van der Waals surface area contributed by atoms with Gasteiger partial charge in [-0.05, 0) is 13.0 Å². The second-order valence-electron chi connectivity index (χ2n) is 3.76. The van der Waals surface area contributed by atoms with Gasteiger partial charge >= 0.3 is 11.9 Å². The predicted molar refractivity (Wildman–Crippen MR) is 49.1 cm³/mol. The number of carbonyl (C=O) groups is 2. The van der Waals surface area contributed by atoms with Gasteiger partial charge in [0.1, 0.15) is 0 Å². The number of unbranched alkanes of at least 4 members (excludes halogenated alkanes) is 1. The van der Waals surface area contributed by atoms with Gasteiger partial charge in [0.15, 0.2) is 5.41 Å². The Kier molecular flexibility index (Phi) is 3.10. The standard InChI is InChI=1S/C9H15NO4/c1-2-3-4-10-5-9(6-10,7(11)12)8(13)14/h2-6H2,1H3,(H,11,12)(H,13,14). The van der Waals surface area contributed by atoms with E-state index < -0.39 is 17.4 Å². The topological polar surface area (TPSA) is 77.8 Å². The first kappa shape index (κ1) is 11.0.